The summed E-state index contributed by atoms with van der Waals surface area (Å²) in [5, 5.41) is 0. The van der Waals surface area contributed by atoms with E-state index in [1.807, 2.05) is 0 Å². The Bertz CT molecular complexity index is 487. The molecule has 0 heterocycles. The number of halogens is 3. The maximum absolute atomic E-state index is 12.9. The van der Waals surface area contributed by atoms with E-state index < -0.39 is 23.2 Å². The van der Waals surface area contributed by atoms with E-state index in [1.54, 1.807) is 0 Å². The van der Waals surface area contributed by atoms with Crippen molar-refractivity contribution in [2.45, 2.75) is 51.6 Å². The van der Waals surface area contributed by atoms with E-state index in [4.69, 9.17) is 10.5 Å². The highest BCUT2D eigenvalue weighted by molar-refractivity contribution is 5.94. The third-order valence-electron chi connectivity index (χ3n) is 3.33. The van der Waals surface area contributed by atoms with E-state index in [0.29, 0.717) is 6.61 Å². The van der Waals surface area contributed by atoms with E-state index in [9.17, 15) is 18.0 Å². The summed E-state index contributed by atoms with van der Waals surface area (Å²) in [7, 11) is 0. The van der Waals surface area contributed by atoms with Gasteiger partial charge >= 0.3 is 6.18 Å². The molecule has 2 N–H and O–H groups in total. The molecule has 1 amide bonds. The predicted octanol–water partition coefficient (Wildman–Crippen LogP) is 4.54. The topological polar surface area (TPSA) is 52.3 Å². The normalized spacial score (nSPS) is 11.5. The number of hydrogen-bond acceptors (Lipinski definition) is 2. The number of ether oxygens (including phenoxy) is 1. The van der Waals surface area contributed by atoms with Crippen LogP contribution in [-0.4, -0.2) is 12.5 Å². The number of unbranched alkanes of at least 4 members (excludes halogenated alkanes) is 5. The first kappa shape index (κ1) is 18.3. The molecule has 0 aliphatic rings. The molecule has 22 heavy (non-hydrogen) atoms. The van der Waals surface area contributed by atoms with Gasteiger partial charge in [0.2, 0.25) is 5.91 Å². The lowest BCUT2D eigenvalue weighted by Crippen LogP contribution is -2.18. The van der Waals surface area contributed by atoms with Gasteiger partial charge < -0.3 is 10.5 Å². The van der Waals surface area contributed by atoms with Gasteiger partial charge in [0.05, 0.1) is 17.7 Å². The van der Waals surface area contributed by atoms with Crippen molar-refractivity contribution in [1.82, 2.24) is 0 Å². The van der Waals surface area contributed by atoms with Crippen LogP contribution < -0.4 is 10.5 Å². The monoisotopic (exact) mass is 317 g/mol. The summed E-state index contributed by atoms with van der Waals surface area (Å²) in [6.07, 6.45) is 1.79. The number of amides is 1. The standard InChI is InChI=1S/C16H22F3NO2/c1-2-3-4-5-6-7-10-22-12-8-9-13(15(20)21)14(11-12)16(17,18)19/h8-9,11H,2-7,10H2,1H3,(H2,20,21). The van der Waals surface area contributed by atoms with Crippen molar-refractivity contribution in [3.05, 3.63) is 29.3 Å². The van der Waals surface area contributed by atoms with Crippen LogP contribution in [0.4, 0.5) is 13.2 Å². The van der Waals surface area contributed by atoms with E-state index in [1.165, 1.54) is 25.3 Å². The molecule has 0 saturated heterocycles. The molecule has 1 aromatic carbocycles. The fourth-order valence-electron chi connectivity index (χ4n) is 2.13. The Labute approximate surface area is 128 Å². The Kier molecular flexibility index (Phi) is 7.21. The number of alkyl halides is 3. The number of rotatable bonds is 9. The molecular weight excluding hydrogens is 295 g/mol. The lowest BCUT2D eigenvalue weighted by atomic mass is 10.1. The third kappa shape index (κ3) is 5.95. The first-order chi connectivity index (χ1) is 10.4. The molecule has 0 aliphatic carbocycles. The zero-order chi connectivity index (χ0) is 16.6. The first-order valence-corrected chi connectivity index (χ1v) is 7.50. The van der Waals surface area contributed by atoms with Crippen LogP contribution >= 0.6 is 0 Å². The van der Waals surface area contributed by atoms with Crippen molar-refractivity contribution < 1.29 is 22.7 Å². The van der Waals surface area contributed by atoms with E-state index in [2.05, 4.69) is 6.92 Å². The molecule has 0 aliphatic heterocycles. The van der Waals surface area contributed by atoms with Gasteiger partial charge in [-0.3, -0.25) is 4.79 Å². The van der Waals surface area contributed by atoms with Crippen LogP contribution in [0, 0.1) is 0 Å². The van der Waals surface area contributed by atoms with Crippen molar-refractivity contribution >= 4 is 5.91 Å². The molecular formula is C16H22F3NO2. The number of hydrogen-bond donors (Lipinski definition) is 1. The maximum atomic E-state index is 12.9. The number of benzene rings is 1. The molecule has 3 nitrogen and oxygen atoms in total. The Morgan fingerprint density at radius 3 is 2.36 bits per heavy atom. The fourth-order valence-corrected chi connectivity index (χ4v) is 2.13. The van der Waals surface area contributed by atoms with E-state index >= 15 is 0 Å². The van der Waals surface area contributed by atoms with Crippen molar-refractivity contribution in [3.8, 4) is 5.75 Å². The second-order valence-electron chi connectivity index (χ2n) is 5.19. The van der Waals surface area contributed by atoms with Gasteiger partial charge in [0.25, 0.3) is 0 Å². The maximum Gasteiger partial charge on any atom is 0.417 e. The van der Waals surface area contributed by atoms with Crippen LogP contribution in [0.15, 0.2) is 18.2 Å². The van der Waals surface area contributed by atoms with Crippen LogP contribution in [-0.2, 0) is 6.18 Å². The lowest BCUT2D eigenvalue weighted by molar-refractivity contribution is -0.138. The van der Waals surface area contributed by atoms with Crippen molar-refractivity contribution in [3.63, 3.8) is 0 Å². The largest absolute Gasteiger partial charge is 0.494 e. The van der Waals surface area contributed by atoms with Crippen molar-refractivity contribution in [1.29, 1.82) is 0 Å². The van der Waals surface area contributed by atoms with Gasteiger partial charge in [-0.25, -0.2) is 0 Å². The zero-order valence-electron chi connectivity index (χ0n) is 12.7. The molecule has 0 unspecified atom stereocenters. The zero-order valence-corrected chi connectivity index (χ0v) is 12.7. The van der Waals surface area contributed by atoms with Gasteiger partial charge in [0, 0.05) is 0 Å². The number of nitrogens with two attached hydrogens (primary N) is 1. The van der Waals surface area contributed by atoms with Gasteiger partial charge in [-0.15, -0.1) is 0 Å². The highest BCUT2D eigenvalue weighted by atomic mass is 19.4. The Morgan fingerprint density at radius 1 is 1.14 bits per heavy atom. The minimum atomic E-state index is -4.64. The minimum absolute atomic E-state index is 0.103. The SMILES string of the molecule is CCCCCCCCOc1ccc(C(N)=O)c(C(F)(F)F)c1. The van der Waals surface area contributed by atoms with Gasteiger partial charge in [-0.05, 0) is 24.6 Å². The van der Waals surface area contributed by atoms with Crippen molar-refractivity contribution in [2.75, 3.05) is 6.61 Å². The smallest absolute Gasteiger partial charge is 0.417 e. The molecule has 0 spiro atoms. The molecule has 0 atom stereocenters. The lowest BCUT2D eigenvalue weighted by Gasteiger charge is -2.13. The molecule has 0 radical (unpaired) electrons. The molecule has 1 rings (SSSR count). The molecule has 0 aromatic heterocycles. The second-order valence-corrected chi connectivity index (χ2v) is 5.19. The Morgan fingerprint density at radius 2 is 1.77 bits per heavy atom. The molecule has 0 fully saturated rings. The number of carbonyl (C=O) groups is 1. The average molecular weight is 317 g/mol. The molecule has 6 heteroatoms. The summed E-state index contributed by atoms with van der Waals surface area (Å²) in [6.45, 7) is 2.50. The second kappa shape index (κ2) is 8.66. The molecule has 1 aromatic rings. The minimum Gasteiger partial charge on any atom is -0.494 e. The summed E-state index contributed by atoms with van der Waals surface area (Å²) in [5.41, 5.74) is 3.36. The van der Waals surface area contributed by atoms with Crippen LogP contribution in [0.2, 0.25) is 0 Å². The molecule has 0 bridgehead atoms. The molecule has 0 saturated carbocycles. The highest BCUT2D eigenvalue weighted by Crippen LogP contribution is 2.34. The average Bonchev–Trinajstić information content (AvgIpc) is 2.45. The van der Waals surface area contributed by atoms with Gasteiger partial charge in [-0.2, -0.15) is 13.2 Å². The van der Waals surface area contributed by atoms with Crippen LogP contribution in [0.3, 0.4) is 0 Å². The Hall–Kier alpha value is -1.72. The van der Waals surface area contributed by atoms with E-state index in [-0.39, 0.29) is 5.75 Å². The Balaban J connectivity index is 2.56. The number of carbonyl (C=O) groups excluding carboxylic acids is 1. The van der Waals surface area contributed by atoms with Gasteiger partial charge in [-0.1, -0.05) is 39.0 Å². The summed E-state index contributed by atoms with van der Waals surface area (Å²) in [6, 6.07) is 3.23. The predicted molar refractivity (Wildman–Crippen MR) is 78.8 cm³/mol. The fraction of sp³-hybridized carbons (Fsp3) is 0.562. The quantitative estimate of drug-likeness (QED) is 0.680. The first-order valence-electron chi connectivity index (χ1n) is 7.50. The van der Waals surface area contributed by atoms with Crippen LogP contribution in [0.1, 0.15) is 61.4 Å². The van der Waals surface area contributed by atoms with Gasteiger partial charge in [0.1, 0.15) is 5.75 Å². The molecule has 124 valence electrons. The highest BCUT2D eigenvalue weighted by Gasteiger charge is 2.35. The van der Waals surface area contributed by atoms with Crippen LogP contribution in [0.25, 0.3) is 0 Å². The third-order valence-corrected chi connectivity index (χ3v) is 3.33. The number of primary amides is 1. The summed E-state index contributed by atoms with van der Waals surface area (Å²) in [5.74, 6) is -0.999. The van der Waals surface area contributed by atoms with Crippen LogP contribution in [0.5, 0.6) is 5.75 Å². The van der Waals surface area contributed by atoms with Gasteiger partial charge in [0.15, 0.2) is 0 Å². The summed E-state index contributed by atoms with van der Waals surface area (Å²) in [4.78, 5) is 11.0. The van der Waals surface area contributed by atoms with E-state index in [0.717, 1.165) is 31.4 Å². The summed E-state index contributed by atoms with van der Waals surface area (Å²) < 4.78 is 44.0. The van der Waals surface area contributed by atoms with Crippen molar-refractivity contribution in [2.24, 2.45) is 5.73 Å². The summed E-state index contributed by atoms with van der Waals surface area (Å²) >= 11 is 0.